The first-order valence-corrected chi connectivity index (χ1v) is 11.0. The molecule has 0 atom stereocenters. The van der Waals surface area contributed by atoms with Crippen LogP contribution in [0.4, 0.5) is 0 Å². The van der Waals surface area contributed by atoms with Crippen LogP contribution in [0, 0.1) is 6.92 Å². The predicted molar refractivity (Wildman–Crippen MR) is 96.9 cm³/mol. The third-order valence-corrected chi connectivity index (χ3v) is 8.52. The Balaban J connectivity index is 1.59. The maximum atomic E-state index is 12.5. The van der Waals surface area contributed by atoms with Crippen molar-refractivity contribution in [2.24, 2.45) is 0 Å². The van der Waals surface area contributed by atoms with Crippen molar-refractivity contribution in [3.05, 3.63) is 38.9 Å². The van der Waals surface area contributed by atoms with Crippen LogP contribution in [-0.2, 0) is 27.8 Å². The minimum absolute atomic E-state index is 0.0882. The minimum atomic E-state index is -3.39. The SMILES string of the molecule is Cc1ccsc1CNC(=O)Cc1ccc(S(=O)(=O)N2CCCC2)s1. The van der Waals surface area contributed by atoms with E-state index in [1.165, 1.54) is 21.2 Å². The first kappa shape index (κ1) is 17.6. The molecule has 1 aliphatic heterocycles. The molecule has 1 amide bonds. The highest BCUT2D eigenvalue weighted by Crippen LogP contribution is 2.27. The van der Waals surface area contributed by atoms with Gasteiger partial charge in [-0.15, -0.1) is 22.7 Å². The molecular weight excluding hydrogens is 364 g/mol. The van der Waals surface area contributed by atoms with Crippen molar-refractivity contribution >= 4 is 38.6 Å². The number of nitrogens with zero attached hydrogens (tertiary/aromatic N) is 1. The summed E-state index contributed by atoms with van der Waals surface area (Å²) in [5.41, 5.74) is 1.18. The van der Waals surface area contributed by atoms with Crippen LogP contribution in [0.3, 0.4) is 0 Å². The van der Waals surface area contributed by atoms with Gasteiger partial charge >= 0.3 is 0 Å². The maximum absolute atomic E-state index is 12.5. The van der Waals surface area contributed by atoms with Crippen LogP contribution in [0.5, 0.6) is 0 Å². The Labute approximate surface area is 150 Å². The molecule has 0 spiro atoms. The van der Waals surface area contributed by atoms with Gasteiger partial charge in [-0.1, -0.05) is 0 Å². The summed E-state index contributed by atoms with van der Waals surface area (Å²) in [6, 6.07) is 5.38. The second-order valence-corrected chi connectivity index (χ2v) is 10.1. The molecule has 0 saturated carbocycles. The normalized spacial score (nSPS) is 15.7. The molecule has 0 aliphatic carbocycles. The molecule has 5 nitrogen and oxygen atoms in total. The van der Waals surface area contributed by atoms with E-state index in [1.54, 1.807) is 23.5 Å². The minimum Gasteiger partial charge on any atom is -0.351 e. The molecule has 0 aromatic carbocycles. The van der Waals surface area contributed by atoms with E-state index in [-0.39, 0.29) is 12.3 Å². The molecule has 24 heavy (non-hydrogen) atoms. The monoisotopic (exact) mass is 384 g/mol. The van der Waals surface area contributed by atoms with Gasteiger partial charge < -0.3 is 5.32 Å². The van der Waals surface area contributed by atoms with Crippen molar-refractivity contribution in [1.29, 1.82) is 0 Å². The Hall–Kier alpha value is -1.22. The van der Waals surface area contributed by atoms with Gasteiger partial charge in [-0.05, 0) is 48.9 Å². The number of nitrogens with one attached hydrogen (secondary N) is 1. The summed E-state index contributed by atoms with van der Waals surface area (Å²) in [6.07, 6.45) is 2.05. The molecule has 2 aromatic rings. The lowest BCUT2D eigenvalue weighted by atomic mass is 10.3. The van der Waals surface area contributed by atoms with Crippen LogP contribution in [-0.4, -0.2) is 31.7 Å². The van der Waals surface area contributed by atoms with E-state index in [0.717, 1.165) is 22.6 Å². The fourth-order valence-electron chi connectivity index (χ4n) is 2.63. The molecule has 1 saturated heterocycles. The fourth-order valence-corrected chi connectivity index (χ4v) is 6.50. The Morgan fingerprint density at radius 2 is 2.00 bits per heavy atom. The lowest BCUT2D eigenvalue weighted by Crippen LogP contribution is -2.27. The molecule has 2 aromatic heterocycles. The number of aryl methyl sites for hydroxylation is 1. The first-order valence-electron chi connectivity index (χ1n) is 7.85. The van der Waals surface area contributed by atoms with Crippen molar-refractivity contribution < 1.29 is 13.2 Å². The van der Waals surface area contributed by atoms with Gasteiger partial charge in [-0.25, -0.2) is 8.42 Å². The Bertz CT molecular complexity index is 817. The van der Waals surface area contributed by atoms with Gasteiger partial charge in [0.25, 0.3) is 10.0 Å². The molecule has 1 N–H and O–H groups in total. The van der Waals surface area contributed by atoms with E-state index >= 15 is 0 Å². The standard InChI is InChI=1S/C16H20N2O3S3/c1-12-6-9-22-14(12)11-17-15(19)10-13-4-5-16(23-13)24(20,21)18-7-2-3-8-18/h4-6,9H,2-3,7-8,10-11H2,1H3,(H,17,19). The molecule has 8 heteroatoms. The molecular formula is C16H20N2O3S3. The van der Waals surface area contributed by atoms with E-state index < -0.39 is 10.0 Å². The molecule has 0 bridgehead atoms. The summed E-state index contributed by atoms with van der Waals surface area (Å²) in [5, 5.41) is 4.90. The topological polar surface area (TPSA) is 66.5 Å². The zero-order chi connectivity index (χ0) is 17.2. The third-order valence-electron chi connectivity index (χ3n) is 4.05. The number of hydrogen-bond donors (Lipinski definition) is 1. The highest BCUT2D eigenvalue weighted by atomic mass is 32.2. The summed E-state index contributed by atoms with van der Waals surface area (Å²) < 4.78 is 26.8. The number of amides is 1. The van der Waals surface area contributed by atoms with E-state index in [0.29, 0.717) is 23.8 Å². The number of sulfonamides is 1. The van der Waals surface area contributed by atoms with Crippen LogP contribution in [0.1, 0.15) is 28.2 Å². The van der Waals surface area contributed by atoms with Gasteiger partial charge in [0.1, 0.15) is 4.21 Å². The van der Waals surface area contributed by atoms with E-state index in [2.05, 4.69) is 5.32 Å². The quantitative estimate of drug-likeness (QED) is 0.833. The Morgan fingerprint density at radius 1 is 1.25 bits per heavy atom. The van der Waals surface area contributed by atoms with Gasteiger partial charge in [0.05, 0.1) is 13.0 Å². The fraction of sp³-hybridized carbons (Fsp3) is 0.438. The largest absolute Gasteiger partial charge is 0.351 e. The van der Waals surface area contributed by atoms with E-state index in [1.807, 2.05) is 18.4 Å². The highest BCUT2D eigenvalue weighted by molar-refractivity contribution is 7.91. The molecule has 130 valence electrons. The van der Waals surface area contributed by atoms with Gasteiger partial charge in [0, 0.05) is 22.8 Å². The zero-order valence-electron chi connectivity index (χ0n) is 13.4. The van der Waals surface area contributed by atoms with E-state index in [9.17, 15) is 13.2 Å². The van der Waals surface area contributed by atoms with Gasteiger partial charge in [0.15, 0.2) is 0 Å². The number of carbonyl (C=O) groups is 1. The average molecular weight is 385 g/mol. The lowest BCUT2D eigenvalue weighted by molar-refractivity contribution is -0.120. The number of thiophene rings is 2. The van der Waals surface area contributed by atoms with Gasteiger partial charge in [0.2, 0.25) is 5.91 Å². The second-order valence-electron chi connectivity index (χ2n) is 5.81. The van der Waals surface area contributed by atoms with Gasteiger partial charge in [-0.2, -0.15) is 4.31 Å². The number of rotatable bonds is 6. The van der Waals surface area contributed by atoms with Crippen molar-refractivity contribution in [3.63, 3.8) is 0 Å². The van der Waals surface area contributed by atoms with Crippen LogP contribution in [0.15, 0.2) is 27.8 Å². The van der Waals surface area contributed by atoms with Crippen molar-refractivity contribution in [3.8, 4) is 0 Å². The highest BCUT2D eigenvalue weighted by Gasteiger charge is 2.28. The first-order chi connectivity index (χ1) is 11.5. The maximum Gasteiger partial charge on any atom is 0.252 e. The van der Waals surface area contributed by atoms with Crippen LogP contribution in [0.2, 0.25) is 0 Å². The summed E-state index contributed by atoms with van der Waals surface area (Å²) in [7, 11) is -3.39. The second kappa shape index (κ2) is 7.35. The molecule has 0 unspecified atom stereocenters. The smallest absolute Gasteiger partial charge is 0.252 e. The lowest BCUT2D eigenvalue weighted by Gasteiger charge is -2.13. The van der Waals surface area contributed by atoms with Crippen molar-refractivity contribution in [1.82, 2.24) is 9.62 Å². The van der Waals surface area contributed by atoms with Crippen LogP contribution >= 0.6 is 22.7 Å². The van der Waals surface area contributed by atoms with Crippen molar-refractivity contribution in [2.45, 2.75) is 36.9 Å². The molecule has 3 heterocycles. The number of hydrogen-bond acceptors (Lipinski definition) is 5. The summed E-state index contributed by atoms with van der Waals surface area (Å²) in [4.78, 5) is 14.0. The molecule has 1 aliphatic rings. The molecule has 0 radical (unpaired) electrons. The van der Waals surface area contributed by atoms with Crippen molar-refractivity contribution in [2.75, 3.05) is 13.1 Å². The predicted octanol–water partition coefficient (Wildman–Crippen LogP) is 2.76. The molecule has 1 fully saturated rings. The van der Waals surface area contributed by atoms with Gasteiger partial charge in [-0.3, -0.25) is 4.79 Å². The molecule has 3 rings (SSSR count). The third kappa shape index (κ3) is 3.88. The zero-order valence-corrected chi connectivity index (χ0v) is 15.9. The Morgan fingerprint density at radius 3 is 2.67 bits per heavy atom. The van der Waals surface area contributed by atoms with Crippen LogP contribution in [0.25, 0.3) is 0 Å². The Kier molecular flexibility index (Phi) is 5.39. The number of carbonyl (C=O) groups excluding carboxylic acids is 1. The van der Waals surface area contributed by atoms with Crippen LogP contribution < -0.4 is 5.32 Å². The summed E-state index contributed by atoms with van der Waals surface area (Å²) in [5.74, 6) is -0.0882. The average Bonchev–Trinajstić information content (AvgIpc) is 3.27. The van der Waals surface area contributed by atoms with E-state index in [4.69, 9.17) is 0 Å². The summed E-state index contributed by atoms with van der Waals surface area (Å²) in [6.45, 7) is 3.73. The summed E-state index contributed by atoms with van der Waals surface area (Å²) >= 11 is 2.82.